The van der Waals surface area contributed by atoms with Crippen LogP contribution in [0.3, 0.4) is 0 Å². The van der Waals surface area contributed by atoms with Crippen LogP contribution in [0.5, 0.6) is 0 Å². The third-order valence-electron chi connectivity index (χ3n) is 2.85. The Balaban J connectivity index is 3.12. The first kappa shape index (κ1) is 16.1. The van der Waals surface area contributed by atoms with Gasteiger partial charge in [0.25, 0.3) is 0 Å². The maximum Gasteiger partial charge on any atom is 0.308 e. The van der Waals surface area contributed by atoms with Gasteiger partial charge in [0.05, 0.1) is 5.92 Å². The molecule has 0 aromatic heterocycles. The lowest BCUT2D eigenvalue weighted by molar-refractivity contribution is -0.140. The Bertz CT molecular complexity index is 517. The van der Waals surface area contributed by atoms with Gasteiger partial charge in [-0.25, -0.2) is 8.78 Å². The van der Waals surface area contributed by atoms with Crippen LogP contribution in [0.2, 0.25) is 0 Å². The molecule has 0 aliphatic rings. The minimum Gasteiger partial charge on any atom is -0.481 e. The maximum atomic E-state index is 13.3. The molecule has 1 amide bonds. The molecule has 0 spiro atoms. The van der Waals surface area contributed by atoms with Crippen LogP contribution < -0.4 is 4.90 Å². The zero-order valence-electron chi connectivity index (χ0n) is 11.6. The molecule has 0 aliphatic heterocycles. The van der Waals surface area contributed by atoms with Crippen LogP contribution in [0, 0.1) is 23.5 Å². The molecular formula is C14H17F2NO3. The topological polar surface area (TPSA) is 57.6 Å². The van der Waals surface area contributed by atoms with E-state index in [0.29, 0.717) is 0 Å². The number of carboxylic acid groups (broad SMARTS) is 1. The molecule has 1 unspecified atom stereocenters. The van der Waals surface area contributed by atoms with Gasteiger partial charge in [0.2, 0.25) is 5.91 Å². The standard InChI is InChI=1S/C14H17F2NO3/c1-8(2)13(18)17(7-9(3)14(19)20)10-4-5-11(15)12(16)6-10/h4-6,8-9H,7H2,1-3H3,(H,19,20). The number of carboxylic acids is 1. The fraction of sp³-hybridized carbons (Fsp3) is 0.429. The van der Waals surface area contributed by atoms with Crippen LogP contribution in [0.15, 0.2) is 18.2 Å². The van der Waals surface area contributed by atoms with Crippen molar-refractivity contribution in [2.75, 3.05) is 11.4 Å². The largest absolute Gasteiger partial charge is 0.481 e. The molecule has 1 N–H and O–H groups in total. The molecule has 6 heteroatoms. The first-order valence-electron chi connectivity index (χ1n) is 6.23. The maximum absolute atomic E-state index is 13.3. The van der Waals surface area contributed by atoms with Crippen molar-refractivity contribution in [2.24, 2.45) is 11.8 Å². The molecule has 1 atom stereocenters. The van der Waals surface area contributed by atoms with Crippen LogP contribution in [0.25, 0.3) is 0 Å². The Morgan fingerprint density at radius 1 is 1.20 bits per heavy atom. The van der Waals surface area contributed by atoms with Crippen molar-refractivity contribution in [3.8, 4) is 0 Å². The molecule has 4 nitrogen and oxygen atoms in total. The lowest BCUT2D eigenvalue weighted by Gasteiger charge is -2.26. The van der Waals surface area contributed by atoms with Crippen molar-refractivity contribution in [3.63, 3.8) is 0 Å². The van der Waals surface area contributed by atoms with E-state index in [-0.39, 0.29) is 24.1 Å². The minimum absolute atomic E-state index is 0.0998. The number of nitrogens with zero attached hydrogens (tertiary/aromatic N) is 1. The van der Waals surface area contributed by atoms with E-state index in [9.17, 15) is 18.4 Å². The lowest BCUT2D eigenvalue weighted by atomic mass is 10.1. The third-order valence-corrected chi connectivity index (χ3v) is 2.85. The Morgan fingerprint density at radius 3 is 2.25 bits per heavy atom. The highest BCUT2D eigenvalue weighted by atomic mass is 19.2. The summed E-state index contributed by atoms with van der Waals surface area (Å²) in [6, 6.07) is 3.06. The average Bonchev–Trinajstić information content (AvgIpc) is 2.38. The zero-order chi connectivity index (χ0) is 15.4. The van der Waals surface area contributed by atoms with E-state index in [4.69, 9.17) is 5.11 Å². The fourth-order valence-corrected chi connectivity index (χ4v) is 1.64. The molecule has 20 heavy (non-hydrogen) atoms. The Morgan fingerprint density at radius 2 is 1.80 bits per heavy atom. The summed E-state index contributed by atoms with van der Waals surface area (Å²) in [6.07, 6.45) is 0. The molecule has 0 saturated heterocycles. The quantitative estimate of drug-likeness (QED) is 0.905. The monoisotopic (exact) mass is 285 g/mol. The SMILES string of the molecule is CC(C)C(=O)N(CC(C)C(=O)O)c1ccc(F)c(F)c1. The van der Waals surface area contributed by atoms with E-state index < -0.39 is 23.5 Å². The van der Waals surface area contributed by atoms with Gasteiger partial charge in [-0.05, 0) is 12.1 Å². The summed E-state index contributed by atoms with van der Waals surface area (Å²) in [6.45, 7) is 4.65. The molecule has 110 valence electrons. The molecule has 0 saturated carbocycles. The average molecular weight is 285 g/mol. The van der Waals surface area contributed by atoms with Gasteiger partial charge >= 0.3 is 5.97 Å². The van der Waals surface area contributed by atoms with Crippen molar-refractivity contribution in [3.05, 3.63) is 29.8 Å². The summed E-state index contributed by atoms with van der Waals surface area (Å²) in [5.74, 6) is -4.70. The van der Waals surface area contributed by atoms with Gasteiger partial charge in [-0.3, -0.25) is 9.59 Å². The van der Waals surface area contributed by atoms with Crippen LogP contribution in [0.4, 0.5) is 14.5 Å². The molecule has 0 heterocycles. The summed E-state index contributed by atoms with van der Waals surface area (Å²) < 4.78 is 26.2. The molecule has 1 rings (SSSR count). The van der Waals surface area contributed by atoms with Crippen molar-refractivity contribution >= 4 is 17.6 Å². The molecule has 0 bridgehead atoms. The molecule has 1 aromatic rings. The first-order valence-corrected chi connectivity index (χ1v) is 6.23. The highest BCUT2D eigenvalue weighted by molar-refractivity contribution is 5.95. The van der Waals surface area contributed by atoms with E-state index >= 15 is 0 Å². The van der Waals surface area contributed by atoms with E-state index in [1.165, 1.54) is 17.9 Å². The number of hydrogen-bond acceptors (Lipinski definition) is 2. The molecule has 0 radical (unpaired) electrons. The van der Waals surface area contributed by atoms with Gasteiger partial charge in [-0.15, -0.1) is 0 Å². The number of halogens is 2. The summed E-state index contributed by atoms with van der Waals surface area (Å²) in [4.78, 5) is 24.2. The lowest BCUT2D eigenvalue weighted by Crippen LogP contribution is -2.39. The fourth-order valence-electron chi connectivity index (χ4n) is 1.64. The van der Waals surface area contributed by atoms with Crippen molar-refractivity contribution < 1.29 is 23.5 Å². The minimum atomic E-state index is -1.08. The van der Waals surface area contributed by atoms with E-state index in [0.717, 1.165) is 12.1 Å². The molecular weight excluding hydrogens is 268 g/mol. The van der Waals surface area contributed by atoms with Crippen LogP contribution in [0.1, 0.15) is 20.8 Å². The number of benzene rings is 1. The summed E-state index contributed by atoms with van der Waals surface area (Å²) in [7, 11) is 0. The number of amides is 1. The number of aliphatic carboxylic acids is 1. The summed E-state index contributed by atoms with van der Waals surface area (Å²) in [5, 5.41) is 8.92. The molecule has 0 fully saturated rings. The molecule has 1 aromatic carbocycles. The van der Waals surface area contributed by atoms with Gasteiger partial charge in [-0.2, -0.15) is 0 Å². The number of anilines is 1. The van der Waals surface area contributed by atoms with Gasteiger partial charge in [0.1, 0.15) is 0 Å². The highest BCUT2D eigenvalue weighted by Gasteiger charge is 2.24. The van der Waals surface area contributed by atoms with Crippen molar-refractivity contribution in [1.29, 1.82) is 0 Å². The predicted octanol–water partition coefficient (Wildman–Crippen LogP) is 2.67. The van der Waals surface area contributed by atoms with Crippen LogP contribution in [-0.4, -0.2) is 23.5 Å². The van der Waals surface area contributed by atoms with Crippen molar-refractivity contribution in [2.45, 2.75) is 20.8 Å². The highest BCUT2D eigenvalue weighted by Crippen LogP contribution is 2.21. The third kappa shape index (κ3) is 3.76. The summed E-state index contributed by atoms with van der Waals surface area (Å²) >= 11 is 0. The Hall–Kier alpha value is -1.98. The van der Waals surface area contributed by atoms with Crippen LogP contribution in [-0.2, 0) is 9.59 Å². The number of rotatable bonds is 5. The van der Waals surface area contributed by atoms with Crippen molar-refractivity contribution in [1.82, 2.24) is 0 Å². The van der Waals surface area contributed by atoms with Gasteiger partial charge in [-0.1, -0.05) is 20.8 Å². The van der Waals surface area contributed by atoms with E-state index in [1.807, 2.05) is 0 Å². The van der Waals surface area contributed by atoms with Gasteiger partial charge < -0.3 is 10.0 Å². The smallest absolute Gasteiger partial charge is 0.308 e. The second-order valence-corrected chi connectivity index (χ2v) is 4.94. The van der Waals surface area contributed by atoms with Crippen LogP contribution >= 0.6 is 0 Å². The van der Waals surface area contributed by atoms with Gasteiger partial charge in [0, 0.05) is 24.2 Å². The van der Waals surface area contributed by atoms with E-state index in [1.54, 1.807) is 13.8 Å². The normalized spacial score (nSPS) is 12.3. The summed E-state index contributed by atoms with van der Waals surface area (Å²) in [5.41, 5.74) is 0.149. The van der Waals surface area contributed by atoms with Gasteiger partial charge in [0.15, 0.2) is 11.6 Å². The number of hydrogen-bond donors (Lipinski definition) is 1. The van der Waals surface area contributed by atoms with E-state index in [2.05, 4.69) is 0 Å². The zero-order valence-corrected chi connectivity index (χ0v) is 11.6. The Labute approximate surface area is 116 Å². The first-order chi connectivity index (χ1) is 9.23. The molecule has 0 aliphatic carbocycles. The predicted molar refractivity (Wildman–Crippen MR) is 70.3 cm³/mol. The second kappa shape index (κ2) is 6.45. The second-order valence-electron chi connectivity index (χ2n) is 4.94. The number of carbonyl (C=O) groups is 2. The number of carbonyl (C=O) groups excluding carboxylic acids is 1. The Kier molecular flexibility index (Phi) is 5.19.